The van der Waals surface area contributed by atoms with Crippen molar-refractivity contribution in [2.45, 2.75) is 44.4 Å². The monoisotopic (exact) mass is 307 g/mol. The van der Waals surface area contributed by atoms with Gasteiger partial charge in [0, 0.05) is 13.5 Å². The zero-order chi connectivity index (χ0) is 16.1. The smallest absolute Gasteiger partial charge is 0.222 e. The van der Waals surface area contributed by atoms with E-state index in [9.17, 15) is 15.0 Å². The second-order valence-corrected chi connectivity index (χ2v) is 6.01. The van der Waals surface area contributed by atoms with Crippen LogP contribution in [-0.2, 0) is 16.0 Å². The maximum Gasteiger partial charge on any atom is 0.222 e. The van der Waals surface area contributed by atoms with E-state index in [0.29, 0.717) is 6.42 Å². The molecular weight excluding hydrogens is 282 g/mol. The number of hydrogen-bond donors (Lipinski definition) is 2. The SMILES string of the molecule is Cc1ccc(CCCC(=O)N(C)[C@@H]2COC[C@@H](O)[C@H]2O)cc1. The molecule has 0 radical (unpaired) electrons. The first-order chi connectivity index (χ1) is 10.5. The van der Waals surface area contributed by atoms with E-state index in [1.54, 1.807) is 7.05 Å². The highest BCUT2D eigenvalue weighted by Crippen LogP contribution is 2.16. The first-order valence-electron chi connectivity index (χ1n) is 7.74. The summed E-state index contributed by atoms with van der Waals surface area (Å²) >= 11 is 0. The Morgan fingerprint density at radius 1 is 1.27 bits per heavy atom. The van der Waals surface area contributed by atoms with Crippen LogP contribution in [0.3, 0.4) is 0 Å². The lowest BCUT2D eigenvalue weighted by Gasteiger charge is -2.37. The molecule has 1 aromatic carbocycles. The number of ether oxygens (including phenoxy) is 1. The standard InChI is InChI=1S/C17H25NO4/c1-12-6-8-13(9-7-12)4-3-5-16(20)18(2)14-10-22-11-15(19)17(14)21/h6-9,14-15,17,19,21H,3-5,10-11H2,1-2H3/t14-,15-,17+/m1/s1. The Labute approximate surface area is 131 Å². The van der Waals surface area contributed by atoms with Gasteiger partial charge >= 0.3 is 0 Å². The highest BCUT2D eigenvalue weighted by Gasteiger charge is 2.35. The molecule has 5 nitrogen and oxygen atoms in total. The second kappa shape index (κ2) is 7.72. The van der Waals surface area contributed by atoms with Crippen molar-refractivity contribution in [3.8, 4) is 0 Å². The summed E-state index contributed by atoms with van der Waals surface area (Å²) in [7, 11) is 1.66. The molecule has 1 fully saturated rings. The molecule has 1 saturated heterocycles. The molecule has 0 saturated carbocycles. The number of aryl methyl sites for hydroxylation is 2. The van der Waals surface area contributed by atoms with Gasteiger partial charge in [0.25, 0.3) is 0 Å². The van der Waals surface area contributed by atoms with Crippen LogP contribution in [0, 0.1) is 6.92 Å². The van der Waals surface area contributed by atoms with Crippen LogP contribution in [0.2, 0.25) is 0 Å². The Morgan fingerprint density at radius 3 is 2.64 bits per heavy atom. The van der Waals surface area contributed by atoms with Crippen LogP contribution >= 0.6 is 0 Å². The fourth-order valence-electron chi connectivity index (χ4n) is 2.66. The van der Waals surface area contributed by atoms with Gasteiger partial charge in [-0.05, 0) is 25.3 Å². The highest BCUT2D eigenvalue weighted by atomic mass is 16.5. The number of aliphatic hydroxyl groups is 2. The third-order valence-electron chi connectivity index (χ3n) is 4.23. The van der Waals surface area contributed by atoms with Gasteiger partial charge in [-0.3, -0.25) is 4.79 Å². The molecule has 5 heteroatoms. The molecule has 1 heterocycles. The van der Waals surface area contributed by atoms with Crippen LogP contribution in [0.15, 0.2) is 24.3 Å². The molecule has 2 rings (SSSR count). The molecule has 0 unspecified atom stereocenters. The van der Waals surface area contributed by atoms with Crippen molar-refractivity contribution in [2.75, 3.05) is 20.3 Å². The van der Waals surface area contributed by atoms with E-state index in [0.717, 1.165) is 12.8 Å². The van der Waals surface area contributed by atoms with Crippen molar-refractivity contribution in [2.24, 2.45) is 0 Å². The second-order valence-electron chi connectivity index (χ2n) is 6.01. The molecule has 1 aromatic rings. The predicted octanol–water partition coefficient (Wildman–Crippen LogP) is 0.897. The summed E-state index contributed by atoms with van der Waals surface area (Å²) in [4.78, 5) is 13.7. The predicted molar refractivity (Wildman–Crippen MR) is 83.5 cm³/mol. The average Bonchev–Trinajstić information content (AvgIpc) is 2.51. The average molecular weight is 307 g/mol. The van der Waals surface area contributed by atoms with Crippen LogP contribution in [0.4, 0.5) is 0 Å². The number of hydrogen-bond acceptors (Lipinski definition) is 4. The number of aliphatic hydroxyl groups excluding tert-OH is 2. The summed E-state index contributed by atoms with van der Waals surface area (Å²) in [5.41, 5.74) is 2.45. The van der Waals surface area contributed by atoms with Gasteiger partial charge in [0.15, 0.2) is 0 Å². The molecule has 1 aliphatic heterocycles. The minimum atomic E-state index is -0.945. The lowest BCUT2D eigenvalue weighted by Crippen LogP contribution is -2.56. The van der Waals surface area contributed by atoms with Gasteiger partial charge in [-0.15, -0.1) is 0 Å². The molecule has 0 spiro atoms. The summed E-state index contributed by atoms with van der Waals surface area (Å²) in [6.45, 7) is 2.43. The van der Waals surface area contributed by atoms with E-state index >= 15 is 0 Å². The van der Waals surface area contributed by atoms with Crippen molar-refractivity contribution >= 4 is 5.91 Å². The van der Waals surface area contributed by atoms with Gasteiger partial charge in [0.2, 0.25) is 5.91 Å². The molecule has 1 amide bonds. The number of benzene rings is 1. The molecule has 22 heavy (non-hydrogen) atoms. The Balaban J connectivity index is 1.80. The number of likely N-dealkylation sites (N-methyl/N-ethyl adjacent to an activating group) is 1. The fraction of sp³-hybridized carbons (Fsp3) is 0.588. The molecule has 0 aromatic heterocycles. The van der Waals surface area contributed by atoms with Gasteiger partial charge in [-0.25, -0.2) is 0 Å². The van der Waals surface area contributed by atoms with Crippen LogP contribution in [0.1, 0.15) is 24.0 Å². The van der Waals surface area contributed by atoms with Gasteiger partial charge in [0.05, 0.1) is 19.3 Å². The molecule has 122 valence electrons. The summed E-state index contributed by atoms with van der Waals surface area (Å²) in [5, 5.41) is 19.6. The summed E-state index contributed by atoms with van der Waals surface area (Å²) < 4.78 is 5.22. The number of nitrogens with zero attached hydrogens (tertiary/aromatic N) is 1. The van der Waals surface area contributed by atoms with Crippen LogP contribution in [0.25, 0.3) is 0 Å². The number of carbonyl (C=O) groups excluding carboxylic acids is 1. The Hall–Kier alpha value is -1.43. The number of rotatable bonds is 5. The number of amides is 1. The molecule has 0 aliphatic carbocycles. The first kappa shape index (κ1) is 16.9. The van der Waals surface area contributed by atoms with Gasteiger partial charge in [-0.1, -0.05) is 29.8 Å². The first-order valence-corrected chi connectivity index (χ1v) is 7.74. The van der Waals surface area contributed by atoms with Crippen molar-refractivity contribution in [3.63, 3.8) is 0 Å². The molecule has 3 atom stereocenters. The minimum Gasteiger partial charge on any atom is -0.388 e. The van der Waals surface area contributed by atoms with E-state index < -0.39 is 18.2 Å². The minimum absolute atomic E-state index is 0.0335. The fourth-order valence-corrected chi connectivity index (χ4v) is 2.66. The third kappa shape index (κ3) is 4.29. The molecular formula is C17H25NO4. The number of carbonyl (C=O) groups is 1. The zero-order valence-electron chi connectivity index (χ0n) is 13.2. The van der Waals surface area contributed by atoms with Crippen LogP contribution < -0.4 is 0 Å². The van der Waals surface area contributed by atoms with E-state index in [4.69, 9.17) is 4.74 Å². The maximum atomic E-state index is 12.2. The van der Waals surface area contributed by atoms with E-state index in [1.807, 2.05) is 6.92 Å². The Morgan fingerprint density at radius 2 is 1.95 bits per heavy atom. The van der Waals surface area contributed by atoms with Crippen LogP contribution in [-0.4, -0.2) is 59.5 Å². The third-order valence-corrected chi connectivity index (χ3v) is 4.23. The zero-order valence-corrected chi connectivity index (χ0v) is 13.2. The van der Waals surface area contributed by atoms with Crippen molar-refractivity contribution in [1.82, 2.24) is 4.90 Å². The summed E-state index contributed by atoms with van der Waals surface area (Å²) in [6, 6.07) is 7.83. The topological polar surface area (TPSA) is 70.0 Å². The van der Waals surface area contributed by atoms with Crippen molar-refractivity contribution in [1.29, 1.82) is 0 Å². The van der Waals surface area contributed by atoms with Crippen molar-refractivity contribution < 1.29 is 19.7 Å². The highest BCUT2D eigenvalue weighted by molar-refractivity contribution is 5.76. The normalized spacial score (nSPS) is 25.0. The van der Waals surface area contributed by atoms with Crippen molar-refractivity contribution in [3.05, 3.63) is 35.4 Å². The lowest BCUT2D eigenvalue weighted by molar-refractivity contribution is -0.153. The maximum absolute atomic E-state index is 12.2. The quantitative estimate of drug-likeness (QED) is 0.848. The lowest BCUT2D eigenvalue weighted by atomic mass is 10.0. The van der Waals surface area contributed by atoms with Gasteiger partial charge in [-0.2, -0.15) is 0 Å². The van der Waals surface area contributed by atoms with Crippen LogP contribution in [0.5, 0.6) is 0 Å². The molecule has 0 bridgehead atoms. The summed E-state index contributed by atoms with van der Waals surface area (Å²) in [6.07, 6.45) is 0.162. The van der Waals surface area contributed by atoms with Gasteiger partial charge < -0.3 is 19.8 Å². The van der Waals surface area contributed by atoms with E-state index in [2.05, 4.69) is 24.3 Å². The van der Waals surface area contributed by atoms with Gasteiger partial charge in [0.1, 0.15) is 12.2 Å². The Kier molecular flexibility index (Phi) is 5.94. The van der Waals surface area contributed by atoms with E-state index in [-0.39, 0.29) is 19.1 Å². The molecule has 1 aliphatic rings. The molecule has 2 N–H and O–H groups in total. The summed E-state index contributed by atoms with van der Waals surface area (Å²) in [5.74, 6) is -0.0335. The Bertz CT molecular complexity index is 488. The van der Waals surface area contributed by atoms with E-state index in [1.165, 1.54) is 16.0 Å². The largest absolute Gasteiger partial charge is 0.388 e.